The molecule has 1 saturated carbocycles. The van der Waals surface area contributed by atoms with E-state index in [1.807, 2.05) is 0 Å². The van der Waals surface area contributed by atoms with Crippen molar-refractivity contribution in [1.29, 1.82) is 0 Å². The maximum Gasteiger partial charge on any atom is 0.333 e. The van der Waals surface area contributed by atoms with Crippen LogP contribution in [0.25, 0.3) is 0 Å². The van der Waals surface area contributed by atoms with E-state index in [0.29, 0.717) is 17.4 Å². The monoisotopic (exact) mass is 238 g/mol. The first-order valence-electron chi connectivity index (χ1n) is 5.92. The third-order valence-corrected chi connectivity index (χ3v) is 3.39. The number of anilines is 1. The smallest absolute Gasteiger partial charge is 0.333 e. The highest BCUT2D eigenvalue weighted by Gasteiger charge is 2.29. The summed E-state index contributed by atoms with van der Waals surface area (Å²) in [7, 11) is 1.73. The Balaban J connectivity index is 2.10. The van der Waals surface area contributed by atoms with Crippen molar-refractivity contribution in [3.05, 3.63) is 15.8 Å². The summed E-state index contributed by atoms with van der Waals surface area (Å²) in [6.07, 6.45) is 2.57. The Labute approximate surface area is 100 Å². The number of nitrogens with one attached hydrogen (secondary N) is 1. The van der Waals surface area contributed by atoms with Gasteiger partial charge in [-0.25, -0.2) is 4.68 Å². The molecular formula is C11H18N4O2. The fourth-order valence-electron chi connectivity index (χ4n) is 2.15. The van der Waals surface area contributed by atoms with E-state index >= 15 is 0 Å². The lowest BCUT2D eigenvalue weighted by Crippen LogP contribution is -2.15. The van der Waals surface area contributed by atoms with Gasteiger partial charge in [0.25, 0.3) is 0 Å². The second kappa shape index (κ2) is 4.35. The maximum absolute atomic E-state index is 11.0. The van der Waals surface area contributed by atoms with Crippen LogP contribution >= 0.6 is 0 Å². The molecule has 1 aliphatic rings. The van der Waals surface area contributed by atoms with Gasteiger partial charge in [-0.05, 0) is 31.6 Å². The topological polar surface area (TPSA) is 73.0 Å². The molecule has 1 N–H and O–H groups in total. The van der Waals surface area contributed by atoms with Crippen molar-refractivity contribution in [3.63, 3.8) is 0 Å². The third kappa shape index (κ3) is 2.40. The van der Waals surface area contributed by atoms with E-state index in [9.17, 15) is 10.1 Å². The quantitative estimate of drug-likeness (QED) is 0.629. The molecule has 6 nitrogen and oxygen atoms in total. The van der Waals surface area contributed by atoms with Crippen LogP contribution in [-0.2, 0) is 7.05 Å². The van der Waals surface area contributed by atoms with Crippen molar-refractivity contribution in [2.24, 2.45) is 18.9 Å². The van der Waals surface area contributed by atoms with E-state index < -0.39 is 0 Å². The number of rotatable bonds is 5. The van der Waals surface area contributed by atoms with Crippen molar-refractivity contribution >= 4 is 11.5 Å². The largest absolute Gasteiger partial charge is 0.364 e. The molecule has 6 heteroatoms. The van der Waals surface area contributed by atoms with Crippen LogP contribution in [0.5, 0.6) is 0 Å². The first kappa shape index (κ1) is 11.9. The first-order valence-corrected chi connectivity index (χ1v) is 5.92. The molecule has 94 valence electrons. The van der Waals surface area contributed by atoms with Crippen LogP contribution in [0.3, 0.4) is 0 Å². The minimum Gasteiger partial charge on any atom is -0.364 e. The fraction of sp³-hybridized carbons (Fsp3) is 0.727. The van der Waals surface area contributed by atoms with Gasteiger partial charge in [0.1, 0.15) is 5.69 Å². The SMILES string of the molecule is Cc1nn(C)c(NCC(C)C2CC2)c1[N+](=O)[O-]. The molecule has 1 unspecified atom stereocenters. The zero-order valence-corrected chi connectivity index (χ0v) is 10.4. The number of hydrogen-bond acceptors (Lipinski definition) is 4. The van der Waals surface area contributed by atoms with Crippen LogP contribution < -0.4 is 5.32 Å². The van der Waals surface area contributed by atoms with E-state index in [1.165, 1.54) is 12.8 Å². The second-order valence-electron chi connectivity index (χ2n) is 4.86. The lowest BCUT2D eigenvalue weighted by molar-refractivity contribution is -0.384. The highest BCUT2D eigenvalue weighted by atomic mass is 16.6. The van der Waals surface area contributed by atoms with Crippen LogP contribution in [0, 0.1) is 28.9 Å². The molecule has 1 atom stereocenters. The Hall–Kier alpha value is -1.59. The summed E-state index contributed by atoms with van der Waals surface area (Å²) < 4.78 is 1.55. The zero-order valence-electron chi connectivity index (χ0n) is 10.4. The van der Waals surface area contributed by atoms with Gasteiger partial charge in [-0.1, -0.05) is 6.92 Å². The number of aromatic nitrogens is 2. The summed E-state index contributed by atoms with van der Waals surface area (Å²) >= 11 is 0. The van der Waals surface area contributed by atoms with Gasteiger partial charge in [0.15, 0.2) is 0 Å². The Bertz CT molecular complexity index is 437. The van der Waals surface area contributed by atoms with E-state index in [0.717, 1.165) is 12.5 Å². The fourth-order valence-corrected chi connectivity index (χ4v) is 2.15. The van der Waals surface area contributed by atoms with Crippen LogP contribution in [0.15, 0.2) is 0 Å². The minimum atomic E-state index is -0.369. The molecule has 1 fully saturated rings. The lowest BCUT2D eigenvalue weighted by Gasteiger charge is -2.11. The highest BCUT2D eigenvalue weighted by Crippen LogP contribution is 2.37. The molecular weight excluding hydrogens is 220 g/mol. The molecule has 1 aromatic rings. The van der Waals surface area contributed by atoms with E-state index in [2.05, 4.69) is 17.3 Å². The molecule has 2 rings (SSSR count). The van der Waals surface area contributed by atoms with Gasteiger partial charge < -0.3 is 5.32 Å². The average Bonchev–Trinajstić information content (AvgIpc) is 3.02. The molecule has 1 aromatic heterocycles. The van der Waals surface area contributed by atoms with Gasteiger partial charge in [0.2, 0.25) is 5.82 Å². The molecule has 1 aliphatic carbocycles. The average molecular weight is 238 g/mol. The number of aryl methyl sites for hydroxylation is 2. The Morgan fingerprint density at radius 2 is 2.29 bits per heavy atom. The summed E-state index contributed by atoms with van der Waals surface area (Å²) in [5.41, 5.74) is 0.551. The lowest BCUT2D eigenvalue weighted by atomic mass is 10.1. The maximum atomic E-state index is 11.0. The molecule has 0 amide bonds. The van der Waals surface area contributed by atoms with Crippen molar-refractivity contribution in [2.45, 2.75) is 26.7 Å². The molecule has 0 aromatic carbocycles. The molecule has 17 heavy (non-hydrogen) atoms. The number of nitrogens with zero attached hydrogens (tertiary/aromatic N) is 3. The first-order chi connectivity index (χ1) is 8.00. The molecule has 0 spiro atoms. The summed E-state index contributed by atoms with van der Waals surface area (Å²) in [4.78, 5) is 10.6. The predicted octanol–water partition coefficient (Wildman–Crippen LogP) is 2.09. The summed E-state index contributed by atoms with van der Waals surface area (Å²) in [6.45, 7) is 4.61. The minimum absolute atomic E-state index is 0.0931. The molecule has 0 bridgehead atoms. The van der Waals surface area contributed by atoms with E-state index in [4.69, 9.17) is 0 Å². The number of hydrogen-bond donors (Lipinski definition) is 1. The van der Waals surface area contributed by atoms with Gasteiger partial charge in [-0.3, -0.25) is 10.1 Å². The van der Waals surface area contributed by atoms with E-state index in [-0.39, 0.29) is 10.6 Å². The van der Waals surface area contributed by atoms with Gasteiger partial charge >= 0.3 is 5.69 Å². The summed E-state index contributed by atoms with van der Waals surface area (Å²) in [5, 5.41) is 18.2. The second-order valence-corrected chi connectivity index (χ2v) is 4.86. The zero-order chi connectivity index (χ0) is 12.6. The van der Waals surface area contributed by atoms with Crippen LogP contribution in [0.1, 0.15) is 25.5 Å². The molecule has 1 heterocycles. The summed E-state index contributed by atoms with van der Waals surface area (Å²) in [6, 6.07) is 0. The van der Waals surface area contributed by atoms with Gasteiger partial charge in [0.05, 0.1) is 4.92 Å². The molecule has 0 saturated heterocycles. The molecule has 0 aliphatic heterocycles. The van der Waals surface area contributed by atoms with Crippen molar-refractivity contribution in [3.8, 4) is 0 Å². The van der Waals surface area contributed by atoms with Crippen molar-refractivity contribution in [1.82, 2.24) is 9.78 Å². The van der Waals surface area contributed by atoms with Crippen LogP contribution in [-0.4, -0.2) is 21.2 Å². The standard InChI is InChI=1S/C11H18N4O2/c1-7(9-4-5-9)6-12-11-10(15(16)17)8(2)13-14(11)3/h7,9,12H,4-6H2,1-3H3. The Morgan fingerprint density at radius 1 is 1.65 bits per heavy atom. The molecule has 0 radical (unpaired) electrons. The Kier molecular flexibility index (Phi) is 3.04. The Morgan fingerprint density at radius 3 is 2.82 bits per heavy atom. The van der Waals surface area contributed by atoms with Gasteiger partial charge in [-0.15, -0.1) is 0 Å². The van der Waals surface area contributed by atoms with Crippen LogP contribution in [0.4, 0.5) is 11.5 Å². The summed E-state index contributed by atoms with van der Waals surface area (Å²) in [5.74, 6) is 1.86. The van der Waals surface area contributed by atoms with E-state index in [1.54, 1.807) is 18.7 Å². The van der Waals surface area contributed by atoms with Crippen molar-refractivity contribution < 1.29 is 4.92 Å². The highest BCUT2D eigenvalue weighted by molar-refractivity contribution is 5.59. The normalized spacial score (nSPS) is 16.9. The van der Waals surface area contributed by atoms with Gasteiger partial charge in [0, 0.05) is 13.6 Å². The third-order valence-electron chi connectivity index (χ3n) is 3.39. The number of nitro groups is 1. The van der Waals surface area contributed by atoms with Crippen LogP contribution in [0.2, 0.25) is 0 Å². The predicted molar refractivity (Wildman–Crippen MR) is 65.0 cm³/mol. The van der Waals surface area contributed by atoms with Crippen molar-refractivity contribution in [2.75, 3.05) is 11.9 Å². The van der Waals surface area contributed by atoms with Gasteiger partial charge in [-0.2, -0.15) is 5.10 Å².